The van der Waals surface area contributed by atoms with Gasteiger partial charge in [0.15, 0.2) is 0 Å². The number of hydrogen-bond donors (Lipinski definition) is 0. The van der Waals surface area contributed by atoms with Crippen molar-refractivity contribution in [2.75, 3.05) is 0 Å². The number of carbonyl (C=O) groups is 2. The van der Waals surface area contributed by atoms with E-state index in [1.807, 2.05) is 6.92 Å². The molecule has 0 rings (SSSR count). The predicted molar refractivity (Wildman–Crippen MR) is 34.1 cm³/mol. The third-order valence-electron chi connectivity index (χ3n) is 1.42. The third-order valence-corrected chi connectivity index (χ3v) is 1.42. The van der Waals surface area contributed by atoms with E-state index in [0.29, 0.717) is 6.42 Å². The molecule has 0 fully saturated rings. The number of carboxylic acids is 2. The molecular weight excluding hydrogens is 187 g/mol. The molecule has 0 aliphatic heterocycles. The van der Waals surface area contributed by atoms with Gasteiger partial charge in [-0.25, -0.2) is 0 Å². The van der Waals surface area contributed by atoms with E-state index in [1.54, 1.807) is 0 Å². The predicted octanol–water partition coefficient (Wildman–Crippen LogP) is -4.59. The van der Waals surface area contributed by atoms with E-state index < -0.39 is 17.9 Å². The Bertz CT molecular complexity index is 149. The van der Waals surface area contributed by atoms with E-state index in [2.05, 4.69) is 0 Å². The quantitative estimate of drug-likeness (QED) is 0.329. The Morgan fingerprint density at radius 1 is 1.33 bits per heavy atom. The minimum Gasteiger partial charge on any atom is -0.549 e. The fourth-order valence-electron chi connectivity index (χ4n) is 0.740. The van der Waals surface area contributed by atoms with Crippen LogP contribution in [0.3, 0.4) is 0 Å². The van der Waals surface area contributed by atoms with Gasteiger partial charge in [-0.3, -0.25) is 0 Å². The molecule has 0 aromatic rings. The number of aliphatic carboxylic acids is 2. The molecule has 0 unspecified atom stereocenters. The van der Waals surface area contributed by atoms with Crippen molar-refractivity contribution in [1.82, 2.24) is 0 Å². The van der Waals surface area contributed by atoms with Gasteiger partial charge in [-0.15, -0.1) is 0 Å². The molecule has 0 atom stereocenters. The van der Waals surface area contributed by atoms with Crippen LogP contribution in [0.15, 0.2) is 0 Å². The van der Waals surface area contributed by atoms with Gasteiger partial charge in [-0.05, 0) is 6.42 Å². The molecule has 0 bridgehead atoms. The second-order valence-electron chi connectivity index (χ2n) is 2.33. The van der Waals surface area contributed by atoms with Crippen molar-refractivity contribution in [2.45, 2.75) is 26.2 Å². The summed E-state index contributed by atoms with van der Waals surface area (Å²) in [6.07, 6.45) is 1.42. The summed E-state index contributed by atoms with van der Waals surface area (Å²) in [5, 5.41) is 20.2. The second kappa shape index (κ2) is 8.19. The summed E-state index contributed by atoms with van der Waals surface area (Å²) >= 11 is 0. The van der Waals surface area contributed by atoms with Gasteiger partial charge in [0.05, 0.1) is 11.9 Å². The van der Waals surface area contributed by atoms with E-state index in [1.165, 1.54) is 0 Å². The van der Waals surface area contributed by atoms with Gasteiger partial charge in [-0.2, -0.15) is 0 Å². The topological polar surface area (TPSA) is 80.3 Å². The van der Waals surface area contributed by atoms with Crippen LogP contribution < -0.4 is 61.6 Å². The molecule has 12 heavy (non-hydrogen) atoms. The third kappa shape index (κ3) is 6.13. The van der Waals surface area contributed by atoms with Gasteiger partial charge in [-0.1, -0.05) is 19.8 Å². The maximum atomic E-state index is 10.1. The molecule has 0 spiro atoms. The Balaban J connectivity index is -0.000000500. The summed E-state index contributed by atoms with van der Waals surface area (Å²) < 4.78 is 0. The van der Waals surface area contributed by atoms with Crippen LogP contribution in [0.2, 0.25) is 0 Å². The fraction of sp³-hybridized carbons (Fsp3) is 0.714. The van der Waals surface area contributed by atoms with Crippen LogP contribution in [-0.2, 0) is 9.59 Å². The maximum Gasteiger partial charge on any atom is 1.00 e. The molecule has 0 N–H and O–H groups in total. The smallest absolute Gasteiger partial charge is 0.549 e. The van der Waals surface area contributed by atoms with Gasteiger partial charge in [0.1, 0.15) is 0 Å². The van der Waals surface area contributed by atoms with Crippen LogP contribution in [0.1, 0.15) is 27.6 Å². The number of unbranched alkanes of at least 4 members (excludes halogenated alkanes) is 1. The van der Waals surface area contributed by atoms with Crippen molar-refractivity contribution in [3.63, 3.8) is 0 Å². The molecule has 0 saturated heterocycles. The van der Waals surface area contributed by atoms with E-state index >= 15 is 0 Å². The first-order valence-electron chi connectivity index (χ1n) is 3.51. The van der Waals surface area contributed by atoms with Crippen LogP contribution in [-0.4, -0.2) is 11.9 Å². The van der Waals surface area contributed by atoms with Gasteiger partial charge in [0, 0.05) is 5.92 Å². The fourth-order valence-corrected chi connectivity index (χ4v) is 0.740. The Kier molecular flexibility index (Phi) is 10.3. The molecule has 0 radical (unpaired) electrons. The molecule has 4 nitrogen and oxygen atoms in total. The molecule has 0 saturated carbocycles. The van der Waals surface area contributed by atoms with Crippen molar-refractivity contribution in [2.24, 2.45) is 5.92 Å². The second-order valence-corrected chi connectivity index (χ2v) is 2.33. The molecular formula is C7H11KO4. The zero-order valence-electron chi connectivity index (χ0n) is 8.33. The first-order valence-corrected chi connectivity index (χ1v) is 3.51. The monoisotopic (exact) mass is 198 g/mol. The van der Waals surface area contributed by atoms with Gasteiger partial charge in [0.25, 0.3) is 0 Å². The summed E-state index contributed by atoms with van der Waals surface area (Å²) in [5.74, 6) is -4.56. The van der Waals surface area contributed by atoms with Crippen molar-refractivity contribution in [3.05, 3.63) is 0 Å². The molecule has 0 aliphatic rings. The number of rotatable bonds is 5. The molecule has 0 aliphatic carbocycles. The number of carboxylic acid groups (broad SMARTS) is 2. The summed E-state index contributed by atoms with van der Waals surface area (Å²) in [7, 11) is 0. The molecule has 5 heteroatoms. The standard InChI is InChI=1S/C7H12O4.K/c1-2-3-4-5(6(8)9)7(10)11;/h5H,2-4H2,1H3,(H,8,9)(H,10,11);/q;+1/p-1. The molecule has 0 amide bonds. The molecule has 0 aromatic carbocycles. The average molecular weight is 198 g/mol. The number of hydrogen-bond acceptors (Lipinski definition) is 4. The summed E-state index contributed by atoms with van der Waals surface area (Å²) in [6, 6.07) is 0. The summed E-state index contributed by atoms with van der Waals surface area (Å²) in [5.41, 5.74) is 0. The van der Waals surface area contributed by atoms with Crippen LogP contribution in [0.25, 0.3) is 0 Å². The first kappa shape index (κ1) is 15.1. The average Bonchev–Trinajstić information content (AvgIpc) is 1.87. The van der Waals surface area contributed by atoms with Crippen molar-refractivity contribution >= 4 is 11.9 Å². The van der Waals surface area contributed by atoms with E-state index in [-0.39, 0.29) is 59.2 Å². The summed E-state index contributed by atoms with van der Waals surface area (Å²) in [4.78, 5) is 20.2. The zero-order valence-corrected chi connectivity index (χ0v) is 10.5. The first-order chi connectivity index (χ1) is 5.09. The van der Waals surface area contributed by atoms with Crippen molar-refractivity contribution < 1.29 is 72.6 Å². The Hall–Kier alpha value is 0.576. The maximum absolute atomic E-state index is 10.1. The van der Waals surface area contributed by atoms with Crippen LogP contribution in [0.4, 0.5) is 0 Å². The van der Waals surface area contributed by atoms with E-state index in [4.69, 9.17) is 0 Å². The van der Waals surface area contributed by atoms with E-state index in [9.17, 15) is 19.8 Å². The van der Waals surface area contributed by atoms with Crippen LogP contribution in [0.5, 0.6) is 0 Å². The molecule has 0 heterocycles. The minimum absolute atomic E-state index is 0. The normalized spacial score (nSPS) is 9.17. The molecule has 0 aromatic heterocycles. The Labute approximate surface area is 115 Å². The van der Waals surface area contributed by atoms with Crippen molar-refractivity contribution in [3.8, 4) is 0 Å². The van der Waals surface area contributed by atoms with Crippen LogP contribution >= 0.6 is 0 Å². The Morgan fingerprint density at radius 2 is 1.75 bits per heavy atom. The van der Waals surface area contributed by atoms with Crippen LogP contribution in [0, 0.1) is 5.92 Å². The van der Waals surface area contributed by atoms with Crippen molar-refractivity contribution in [1.29, 1.82) is 0 Å². The minimum atomic E-state index is -1.56. The summed E-state index contributed by atoms with van der Waals surface area (Å²) in [6.45, 7) is 1.85. The number of carbonyl (C=O) groups excluding carboxylic acids is 2. The van der Waals surface area contributed by atoms with Gasteiger partial charge in [0.2, 0.25) is 0 Å². The SMILES string of the molecule is CCCCC(C(=O)[O-])C(=O)[O-].[H+].[K+]. The van der Waals surface area contributed by atoms with E-state index in [0.717, 1.165) is 6.42 Å². The molecule has 64 valence electrons. The Morgan fingerprint density at radius 3 is 2.00 bits per heavy atom. The van der Waals surface area contributed by atoms with Gasteiger partial charge >= 0.3 is 52.8 Å². The largest absolute Gasteiger partial charge is 1.00 e. The van der Waals surface area contributed by atoms with Gasteiger partial charge < -0.3 is 19.8 Å². The zero-order chi connectivity index (χ0) is 8.85.